The predicted molar refractivity (Wildman–Crippen MR) is 183 cm³/mol. The quantitative estimate of drug-likeness (QED) is 0.156. The van der Waals surface area contributed by atoms with Gasteiger partial charge < -0.3 is 4.42 Å². The summed E-state index contributed by atoms with van der Waals surface area (Å²) in [6.07, 6.45) is 0. The molecular weight excluding hydrogens is 520 g/mol. The van der Waals surface area contributed by atoms with Crippen LogP contribution in [0.5, 0.6) is 0 Å². The number of furan rings is 1. The zero-order chi connectivity index (χ0) is 28.1. The van der Waals surface area contributed by atoms with Gasteiger partial charge in [-0.3, -0.25) is 0 Å². The predicted octanol–water partition coefficient (Wildman–Crippen LogP) is 12.1. The smallest absolute Gasteiger partial charge is 0.143 e. The van der Waals surface area contributed by atoms with Gasteiger partial charge in [0.25, 0.3) is 0 Å². The normalized spacial score (nSPS) is 12.2. The zero-order valence-corrected chi connectivity index (χ0v) is 23.3. The molecule has 0 unspecified atom stereocenters. The van der Waals surface area contributed by atoms with Crippen LogP contribution in [0.2, 0.25) is 0 Å². The monoisotopic (exact) mass is 544 g/mol. The summed E-state index contributed by atoms with van der Waals surface area (Å²) >= 11 is 0. The fraction of sp³-hybridized carbons (Fsp3) is 0. The Bertz CT molecular complexity index is 2710. The van der Waals surface area contributed by atoms with E-state index in [0.717, 1.165) is 27.5 Å². The zero-order valence-electron chi connectivity index (χ0n) is 23.3. The Kier molecular flexibility index (Phi) is 4.51. The van der Waals surface area contributed by atoms with Gasteiger partial charge in [-0.05, 0) is 94.8 Å². The lowest BCUT2D eigenvalue weighted by Gasteiger charge is -2.19. The van der Waals surface area contributed by atoms with Crippen molar-refractivity contribution in [1.29, 1.82) is 0 Å². The van der Waals surface area contributed by atoms with E-state index in [4.69, 9.17) is 4.42 Å². The Labute approximate surface area is 247 Å². The second kappa shape index (κ2) is 8.44. The van der Waals surface area contributed by atoms with Crippen molar-refractivity contribution in [2.45, 2.75) is 0 Å². The third-order valence-corrected chi connectivity index (χ3v) is 9.38. The van der Waals surface area contributed by atoms with Gasteiger partial charge in [0.1, 0.15) is 11.2 Å². The van der Waals surface area contributed by atoms with Gasteiger partial charge in [-0.15, -0.1) is 0 Å². The molecule has 10 rings (SSSR count). The lowest BCUT2D eigenvalue weighted by Crippen LogP contribution is -1.91. The van der Waals surface area contributed by atoms with E-state index >= 15 is 0 Å². The van der Waals surface area contributed by atoms with E-state index in [1.54, 1.807) is 0 Å². The van der Waals surface area contributed by atoms with Crippen molar-refractivity contribution in [2.24, 2.45) is 0 Å². The molecule has 0 saturated carbocycles. The first-order valence-electron chi connectivity index (χ1n) is 14.9. The van der Waals surface area contributed by atoms with E-state index in [-0.39, 0.29) is 0 Å². The first-order chi connectivity index (χ1) is 21.3. The Morgan fingerprint density at radius 1 is 0.302 bits per heavy atom. The lowest BCUT2D eigenvalue weighted by molar-refractivity contribution is 0.670. The molecule has 1 heteroatoms. The maximum absolute atomic E-state index is 6.54. The maximum Gasteiger partial charge on any atom is 0.143 e. The number of fused-ring (bicyclic) bond motifs is 9. The first-order valence-corrected chi connectivity index (χ1v) is 14.9. The highest BCUT2D eigenvalue weighted by Crippen LogP contribution is 2.47. The molecule has 0 aliphatic carbocycles. The summed E-state index contributed by atoms with van der Waals surface area (Å²) in [5.41, 5.74) is 6.62. The highest BCUT2D eigenvalue weighted by atomic mass is 16.3. The third kappa shape index (κ3) is 3.11. The molecule has 0 radical (unpaired) electrons. The van der Waals surface area contributed by atoms with Crippen molar-refractivity contribution in [3.05, 3.63) is 146 Å². The number of hydrogen-bond acceptors (Lipinski definition) is 1. The van der Waals surface area contributed by atoms with Crippen LogP contribution in [0.1, 0.15) is 0 Å². The molecule has 1 aromatic heterocycles. The number of benzene rings is 9. The van der Waals surface area contributed by atoms with E-state index < -0.39 is 0 Å². The van der Waals surface area contributed by atoms with Crippen molar-refractivity contribution in [1.82, 2.24) is 0 Å². The average molecular weight is 545 g/mol. The molecule has 0 spiro atoms. The molecule has 10 aromatic rings. The van der Waals surface area contributed by atoms with Crippen molar-refractivity contribution in [3.8, 4) is 22.3 Å². The van der Waals surface area contributed by atoms with Gasteiger partial charge >= 0.3 is 0 Å². The fourth-order valence-electron chi connectivity index (χ4n) is 7.50. The van der Waals surface area contributed by atoms with Crippen molar-refractivity contribution < 1.29 is 4.42 Å². The summed E-state index contributed by atoms with van der Waals surface area (Å²) in [4.78, 5) is 0. The van der Waals surface area contributed by atoms with Gasteiger partial charge in [0.15, 0.2) is 0 Å². The molecule has 0 saturated heterocycles. The lowest BCUT2D eigenvalue weighted by atomic mass is 9.84. The fourth-order valence-corrected chi connectivity index (χ4v) is 7.50. The Balaban J connectivity index is 1.42. The summed E-state index contributed by atoms with van der Waals surface area (Å²) in [7, 11) is 0. The van der Waals surface area contributed by atoms with E-state index in [0.29, 0.717) is 0 Å². The van der Waals surface area contributed by atoms with Gasteiger partial charge in [-0.2, -0.15) is 0 Å². The van der Waals surface area contributed by atoms with E-state index in [9.17, 15) is 0 Å². The van der Waals surface area contributed by atoms with Gasteiger partial charge in [0.05, 0.1) is 0 Å². The second-order valence-electron chi connectivity index (χ2n) is 11.6. The van der Waals surface area contributed by atoms with E-state index in [1.165, 1.54) is 70.6 Å². The van der Waals surface area contributed by atoms with Crippen LogP contribution in [0.25, 0.3) is 98.1 Å². The van der Waals surface area contributed by atoms with Gasteiger partial charge in [0.2, 0.25) is 0 Å². The topological polar surface area (TPSA) is 13.1 Å². The van der Waals surface area contributed by atoms with Crippen molar-refractivity contribution >= 4 is 75.8 Å². The standard InChI is InChI=1S/C42H24O/c1-2-10-25(11-3-1)26-20-21-31-34-17-9-16-33-29-12-4-5-13-30(29)37-23-27(24-38(36(31)22-26)41(37)40(33)34)28-15-8-18-35-32-14-6-7-19-39(32)43-42(28)35/h1-24H. The molecular formula is C42H24O. The Hall–Kier alpha value is -5.66. The van der Waals surface area contributed by atoms with Crippen LogP contribution in [-0.4, -0.2) is 0 Å². The molecule has 0 fully saturated rings. The minimum Gasteiger partial charge on any atom is -0.455 e. The maximum atomic E-state index is 6.54. The molecule has 0 amide bonds. The van der Waals surface area contributed by atoms with Gasteiger partial charge in [-0.1, -0.05) is 121 Å². The summed E-state index contributed by atoms with van der Waals surface area (Å²) in [5, 5.41) is 15.3. The molecule has 0 atom stereocenters. The molecule has 198 valence electrons. The highest BCUT2D eigenvalue weighted by molar-refractivity contribution is 6.40. The van der Waals surface area contributed by atoms with Crippen LogP contribution in [0.15, 0.2) is 150 Å². The number of hydrogen-bond donors (Lipinski definition) is 0. The highest BCUT2D eigenvalue weighted by Gasteiger charge is 2.20. The largest absolute Gasteiger partial charge is 0.455 e. The van der Waals surface area contributed by atoms with E-state index in [2.05, 4.69) is 140 Å². The van der Waals surface area contributed by atoms with Crippen LogP contribution in [0.3, 0.4) is 0 Å². The third-order valence-electron chi connectivity index (χ3n) is 9.38. The summed E-state index contributed by atoms with van der Waals surface area (Å²) in [6.45, 7) is 0. The number of para-hydroxylation sites is 2. The average Bonchev–Trinajstić information content (AvgIpc) is 3.47. The molecule has 0 bridgehead atoms. The molecule has 43 heavy (non-hydrogen) atoms. The molecule has 0 aliphatic rings. The molecule has 0 aliphatic heterocycles. The van der Waals surface area contributed by atoms with Crippen LogP contribution >= 0.6 is 0 Å². The summed E-state index contributed by atoms with van der Waals surface area (Å²) in [5.74, 6) is 0. The van der Waals surface area contributed by atoms with Gasteiger partial charge in [-0.25, -0.2) is 0 Å². The Morgan fingerprint density at radius 2 is 0.860 bits per heavy atom. The molecule has 9 aromatic carbocycles. The summed E-state index contributed by atoms with van der Waals surface area (Å²) < 4.78 is 6.54. The number of rotatable bonds is 2. The van der Waals surface area contributed by atoms with Crippen molar-refractivity contribution in [3.63, 3.8) is 0 Å². The Morgan fingerprint density at radius 3 is 1.67 bits per heavy atom. The molecule has 0 N–H and O–H groups in total. The SMILES string of the molecule is c1ccc(-c2ccc3c(c2)c2cc(-c4cccc5c4oc4ccccc45)cc4c5ccccc5c5cccc3c5c42)cc1. The van der Waals surface area contributed by atoms with Gasteiger partial charge in [0, 0.05) is 16.3 Å². The van der Waals surface area contributed by atoms with E-state index in [1.807, 2.05) is 6.07 Å². The second-order valence-corrected chi connectivity index (χ2v) is 11.6. The molecule has 1 heterocycles. The van der Waals surface area contributed by atoms with Crippen molar-refractivity contribution in [2.75, 3.05) is 0 Å². The summed E-state index contributed by atoms with van der Waals surface area (Å²) in [6, 6.07) is 53.0. The minimum absolute atomic E-state index is 0.922. The van der Waals surface area contributed by atoms with Crippen LogP contribution < -0.4 is 0 Å². The van der Waals surface area contributed by atoms with Crippen LogP contribution in [0.4, 0.5) is 0 Å². The molecule has 1 nitrogen and oxygen atoms in total. The van der Waals surface area contributed by atoms with Crippen LogP contribution in [0, 0.1) is 0 Å². The first kappa shape index (κ1) is 23.0. The van der Waals surface area contributed by atoms with Crippen LogP contribution in [-0.2, 0) is 0 Å². The minimum atomic E-state index is 0.922.